The quantitative estimate of drug-likeness (QED) is 0.554. The van der Waals surface area contributed by atoms with Crippen molar-refractivity contribution in [2.24, 2.45) is 0 Å². The Balaban J connectivity index is 1.26. The number of hydrogen-bond acceptors (Lipinski definition) is 6. The van der Waals surface area contributed by atoms with Gasteiger partial charge in [0.1, 0.15) is 24.6 Å². The lowest BCUT2D eigenvalue weighted by Gasteiger charge is -2.41. The van der Waals surface area contributed by atoms with Crippen LogP contribution in [-0.4, -0.2) is 59.0 Å². The van der Waals surface area contributed by atoms with Crippen molar-refractivity contribution in [3.05, 3.63) is 66.0 Å². The third-order valence-corrected chi connectivity index (χ3v) is 6.58. The van der Waals surface area contributed by atoms with E-state index in [9.17, 15) is 13.6 Å². The number of aromatic nitrogens is 2. The van der Waals surface area contributed by atoms with Crippen LogP contribution in [0.5, 0.6) is 0 Å². The number of alkyl halides is 2. The van der Waals surface area contributed by atoms with Gasteiger partial charge in [-0.2, -0.15) is 5.26 Å². The standard InChI is InChI=1S/C25H23F2N5O2/c26-25(27)24(20-3-1-5-21-19(20)4-2-10-29-21)34-15-23(33)31-13-17-7-8-18(14-31)32(17)22-9-6-16(11-28)12-30-22/h1-6,9-10,12,17-18,24-25H,7-8,13-15H2. The number of hydrogen-bond donors (Lipinski definition) is 0. The SMILES string of the molecule is N#Cc1ccc(N2C3CCC2CN(C(=O)COC(c2cccc4ncccc24)C(F)F)C3)nc1. The van der Waals surface area contributed by atoms with Crippen LogP contribution in [0.4, 0.5) is 14.6 Å². The Hall–Kier alpha value is -3.64. The molecule has 0 saturated carbocycles. The second-order valence-electron chi connectivity index (χ2n) is 8.59. The van der Waals surface area contributed by atoms with E-state index in [4.69, 9.17) is 10.00 Å². The Morgan fingerprint density at radius 3 is 2.59 bits per heavy atom. The van der Waals surface area contributed by atoms with E-state index in [-0.39, 0.29) is 18.0 Å². The van der Waals surface area contributed by atoms with Crippen LogP contribution in [0.25, 0.3) is 10.9 Å². The largest absolute Gasteiger partial charge is 0.358 e. The summed E-state index contributed by atoms with van der Waals surface area (Å²) in [5.74, 6) is 0.491. The molecule has 34 heavy (non-hydrogen) atoms. The van der Waals surface area contributed by atoms with Crippen LogP contribution >= 0.6 is 0 Å². The van der Waals surface area contributed by atoms with E-state index in [1.165, 1.54) is 0 Å². The Morgan fingerprint density at radius 1 is 1.12 bits per heavy atom. The summed E-state index contributed by atoms with van der Waals surface area (Å²) in [6.07, 6.45) is 0.689. The predicted molar refractivity (Wildman–Crippen MR) is 121 cm³/mol. The Labute approximate surface area is 195 Å². The smallest absolute Gasteiger partial charge is 0.268 e. The molecule has 2 fully saturated rings. The molecule has 4 heterocycles. The molecule has 9 heteroatoms. The van der Waals surface area contributed by atoms with Gasteiger partial charge in [0.25, 0.3) is 6.43 Å². The molecule has 1 amide bonds. The number of amides is 1. The molecule has 0 radical (unpaired) electrons. The number of fused-ring (bicyclic) bond motifs is 3. The molecule has 2 aromatic heterocycles. The number of carbonyl (C=O) groups is 1. The van der Waals surface area contributed by atoms with Crippen molar-refractivity contribution in [2.45, 2.75) is 37.5 Å². The van der Waals surface area contributed by atoms with Crippen LogP contribution in [0.2, 0.25) is 0 Å². The third kappa shape index (κ3) is 4.17. The van der Waals surface area contributed by atoms with Crippen LogP contribution in [0.1, 0.15) is 30.1 Å². The molecule has 2 saturated heterocycles. The van der Waals surface area contributed by atoms with E-state index < -0.39 is 19.1 Å². The fourth-order valence-electron chi connectivity index (χ4n) is 5.01. The average Bonchev–Trinajstić information content (AvgIpc) is 3.12. The monoisotopic (exact) mass is 463 g/mol. The van der Waals surface area contributed by atoms with Gasteiger partial charge < -0.3 is 14.5 Å². The van der Waals surface area contributed by atoms with Gasteiger partial charge in [-0.3, -0.25) is 9.78 Å². The summed E-state index contributed by atoms with van der Waals surface area (Å²) >= 11 is 0. The van der Waals surface area contributed by atoms with Gasteiger partial charge in [-0.25, -0.2) is 13.8 Å². The molecule has 174 valence electrons. The highest BCUT2D eigenvalue weighted by atomic mass is 19.3. The van der Waals surface area contributed by atoms with E-state index in [0.29, 0.717) is 35.1 Å². The van der Waals surface area contributed by atoms with Crippen molar-refractivity contribution in [1.82, 2.24) is 14.9 Å². The number of carbonyl (C=O) groups excluding carboxylic acids is 1. The summed E-state index contributed by atoms with van der Waals surface area (Å²) in [4.78, 5) is 25.5. The first-order chi connectivity index (χ1) is 16.5. The van der Waals surface area contributed by atoms with Gasteiger partial charge in [0.05, 0.1) is 11.1 Å². The molecule has 7 nitrogen and oxygen atoms in total. The first-order valence-electron chi connectivity index (χ1n) is 11.2. The van der Waals surface area contributed by atoms with Gasteiger partial charge in [-0.1, -0.05) is 18.2 Å². The Kier molecular flexibility index (Phi) is 6.07. The van der Waals surface area contributed by atoms with E-state index in [0.717, 1.165) is 18.7 Å². The molecule has 2 bridgehead atoms. The molecule has 0 spiro atoms. The van der Waals surface area contributed by atoms with Crippen LogP contribution in [0.15, 0.2) is 54.9 Å². The highest BCUT2D eigenvalue weighted by Gasteiger charge is 2.42. The fourth-order valence-corrected chi connectivity index (χ4v) is 5.01. The summed E-state index contributed by atoms with van der Waals surface area (Å²) in [7, 11) is 0. The van der Waals surface area contributed by atoms with Crippen molar-refractivity contribution in [3.63, 3.8) is 0 Å². The second kappa shape index (κ2) is 9.31. The maximum absolute atomic E-state index is 13.9. The molecular formula is C25H23F2N5O2. The van der Waals surface area contributed by atoms with Gasteiger partial charge in [0.15, 0.2) is 0 Å². The first kappa shape index (κ1) is 22.2. The molecule has 0 N–H and O–H groups in total. The highest BCUT2D eigenvalue weighted by Crippen LogP contribution is 2.34. The van der Waals surface area contributed by atoms with E-state index >= 15 is 0 Å². The minimum Gasteiger partial charge on any atom is -0.358 e. The molecule has 3 unspecified atom stereocenters. The van der Waals surface area contributed by atoms with Crippen LogP contribution < -0.4 is 4.90 Å². The lowest BCUT2D eigenvalue weighted by Crippen LogP contribution is -2.56. The number of rotatable bonds is 6. The van der Waals surface area contributed by atoms with Crippen molar-refractivity contribution < 1.29 is 18.3 Å². The molecule has 0 aliphatic carbocycles. The number of anilines is 1. The number of likely N-dealkylation sites (tertiary alicyclic amines) is 1. The van der Waals surface area contributed by atoms with E-state index in [2.05, 4.69) is 20.9 Å². The third-order valence-electron chi connectivity index (χ3n) is 6.58. The maximum atomic E-state index is 13.9. The van der Waals surface area contributed by atoms with Crippen LogP contribution in [0.3, 0.4) is 0 Å². The van der Waals surface area contributed by atoms with E-state index in [1.54, 1.807) is 53.7 Å². The van der Waals surface area contributed by atoms with Crippen molar-refractivity contribution in [3.8, 4) is 6.07 Å². The van der Waals surface area contributed by atoms with Gasteiger partial charge >= 0.3 is 0 Å². The van der Waals surface area contributed by atoms with Crippen LogP contribution in [-0.2, 0) is 9.53 Å². The number of halogens is 2. The number of ether oxygens (including phenoxy) is 1. The number of nitrogens with zero attached hydrogens (tertiary/aromatic N) is 5. The molecule has 2 aliphatic rings. The number of piperazine rings is 1. The zero-order valence-corrected chi connectivity index (χ0v) is 18.3. The summed E-state index contributed by atoms with van der Waals surface area (Å²) in [5, 5.41) is 9.58. The van der Waals surface area contributed by atoms with Crippen molar-refractivity contribution in [1.29, 1.82) is 5.26 Å². The summed E-state index contributed by atoms with van der Waals surface area (Å²) in [6, 6.07) is 14.3. The molecule has 2 aliphatic heterocycles. The number of pyridine rings is 2. The zero-order valence-electron chi connectivity index (χ0n) is 18.3. The molecule has 3 atom stereocenters. The maximum Gasteiger partial charge on any atom is 0.268 e. The lowest BCUT2D eigenvalue weighted by atomic mass is 10.0. The summed E-state index contributed by atoms with van der Waals surface area (Å²) in [5.41, 5.74) is 1.42. The number of benzene rings is 1. The lowest BCUT2D eigenvalue weighted by molar-refractivity contribution is -0.143. The molecular weight excluding hydrogens is 440 g/mol. The summed E-state index contributed by atoms with van der Waals surface area (Å²) < 4.78 is 33.4. The fraction of sp³-hybridized carbons (Fsp3) is 0.360. The van der Waals surface area contributed by atoms with Gasteiger partial charge in [0.2, 0.25) is 5.91 Å². The summed E-state index contributed by atoms with van der Waals surface area (Å²) in [6.45, 7) is 0.552. The molecule has 1 aromatic carbocycles. The average molecular weight is 463 g/mol. The van der Waals surface area contributed by atoms with E-state index in [1.807, 2.05) is 6.07 Å². The normalized spacial score (nSPS) is 20.5. The van der Waals surface area contributed by atoms with Crippen molar-refractivity contribution >= 4 is 22.6 Å². The predicted octanol–water partition coefficient (Wildman–Crippen LogP) is 3.70. The minimum atomic E-state index is -2.78. The highest BCUT2D eigenvalue weighted by molar-refractivity contribution is 5.82. The Morgan fingerprint density at radius 2 is 1.91 bits per heavy atom. The topological polar surface area (TPSA) is 82.4 Å². The zero-order chi connectivity index (χ0) is 23.7. The van der Waals surface area contributed by atoms with Gasteiger partial charge in [-0.05, 0) is 42.7 Å². The Bertz CT molecular complexity index is 1210. The first-order valence-corrected chi connectivity index (χ1v) is 11.2. The number of nitriles is 1. The molecule has 3 aromatic rings. The molecule has 5 rings (SSSR count). The van der Waals surface area contributed by atoms with Crippen LogP contribution in [0, 0.1) is 11.3 Å². The minimum absolute atomic E-state index is 0.0955. The second-order valence-corrected chi connectivity index (χ2v) is 8.59. The van der Waals surface area contributed by atoms with Gasteiger partial charge in [0, 0.05) is 43.0 Å². The van der Waals surface area contributed by atoms with Gasteiger partial charge in [-0.15, -0.1) is 0 Å². The van der Waals surface area contributed by atoms with Crippen molar-refractivity contribution in [2.75, 3.05) is 24.6 Å².